The topological polar surface area (TPSA) is 38.8 Å². The number of benzene rings is 1. The molecule has 1 aliphatic rings. The molecule has 1 aliphatic heterocycles. The molecular formula is C18H27NO3. The molecule has 4 heteroatoms. The van der Waals surface area contributed by atoms with Gasteiger partial charge in [0.2, 0.25) is 0 Å². The molecule has 1 saturated heterocycles. The summed E-state index contributed by atoms with van der Waals surface area (Å²) >= 11 is 0. The summed E-state index contributed by atoms with van der Waals surface area (Å²) in [7, 11) is 1.65. The highest BCUT2D eigenvalue weighted by atomic mass is 16.5. The Balaban J connectivity index is 2.15. The minimum Gasteiger partial charge on any atom is -0.497 e. The first-order valence-electron chi connectivity index (χ1n) is 7.99. The average Bonchev–Trinajstić information content (AvgIpc) is 2.45. The molecule has 0 aromatic heterocycles. The highest BCUT2D eigenvalue weighted by Gasteiger charge is 2.25. The van der Waals surface area contributed by atoms with Gasteiger partial charge in [-0.05, 0) is 43.5 Å². The van der Waals surface area contributed by atoms with Crippen LogP contribution in [-0.4, -0.2) is 49.6 Å². The summed E-state index contributed by atoms with van der Waals surface area (Å²) in [5.74, 6) is 1.26. The third-order valence-corrected chi connectivity index (χ3v) is 4.04. The van der Waals surface area contributed by atoms with Crippen molar-refractivity contribution in [2.45, 2.75) is 45.8 Å². The first kappa shape index (κ1) is 17.0. The smallest absolute Gasteiger partial charge is 0.177 e. The highest BCUT2D eigenvalue weighted by Crippen LogP contribution is 2.25. The fourth-order valence-electron chi connectivity index (χ4n) is 3.10. The molecule has 4 nitrogen and oxygen atoms in total. The monoisotopic (exact) mass is 305 g/mol. The van der Waals surface area contributed by atoms with Gasteiger partial charge in [0.25, 0.3) is 0 Å². The molecule has 0 bridgehead atoms. The first-order valence-corrected chi connectivity index (χ1v) is 7.99. The summed E-state index contributed by atoms with van der Waals surface area (Å²) in [6, 6.07) is 5.73. The molecule has 0 radical (unpaired) electrons. The zero-order valence-corrected chi connectivity index (χ0v) is 14.3. The molecule has 1 aromatic rings. The van der Waals surface area contributed by atoms with Crippen molar-refractivity contribution in [1.82, 2.24) is 4.90 Å². The number of hydrogen-bond acceptors (Lipinski definition) is 4. The molecular weight excluding hydrogens is 278 g/mol. The molecule has 0 spiro atoms. The number of hydrogen-bond donors (Lipinski definition) is 0. The zero-order chi connectivity index (χ0) is 16.3. The van der Waals surface area contributed by atoms with Gasteiger partial charge < -0.3 is 9.47 Å². The van der Waals surface area contributed by atoms with Crippen molar-refractivity contribution >= 4 is 5.78 Å². The minimum absolute atomic E-state index is 0.174. The largest absolute Gasteiger partial charge is 0.497 e. The standard InChI is InChI=1S/C18H27NO3/c1-12(2)17-8-15(21-5)6-7-16(17)18(20)11-19-9-13(3)22-14(4)10-19/h6-8,12-14H,9-11H2,1-5H3. The molecule has 0 N–H and O–H groups in total. The Morgan fingerprint density at radius 2 is 1.95 bits per heavy atom. The first-order chi connectivity index (χ1) is 10.4. The fraction of sp³-hybridized carbons (Fsp3) is 0.611. The van der Waals surface area contributed by atoms with Crippen LogP contribution in [0.1, 0.15) is 49.5 Å². The van der Waals surface area contributed by atoms with Crippen LogP contribution in [0.25, 0.3) is 0 Å². The molecule has 2 atom stereocenters. The normalized spacial score (nSPS) is 22.8. The SMILES string of the molecule is COc1ccc(C(=O)CN2CC(C)OC(C)C2)c(C(C)C)c1. The van der Waals surface area contributed by atoms with Gasteiger partial charge in [-0.1, -0.05) is 13.8 Å². The van der Waals surface area contributed by atoms with E-state index in [1.165, 1.54) is 0 Å². The van der Waals surface area contributed by atoms with Gasteiger partial charge in [-0.25, -0.2) is 0 Å². The third kappa shape index (κ3) is 4.08. The summed E-state index contributed by atoms with van der Waals surface area (Å²) in [5.41, 5.74) is 1.86. The Labute approximate surface area is 133 Å². The molecule has 1 heterocycles. The lowest BCUT2D eigenvalue weighted by Gasteiger charge is -2.35. The average molecular weight is 305 g/mol. The maximum absolute atomic E-state index is 12.7. The summed E-state index contributed by atoms with van der Waals surface area (Å²) in [5, 5.41) is 0. The number of methoxy groups -OCH3 is 1. The van der Waals surface area contributed by atoms with Crippen molar-refractivity contribution in [3.05, 3.63) is 29.3 Å². The molecule has 1 fully saturated rings. The Bertz CT molecular complexity index is 517. The lowest BCUT2D eigenvalue weighted by atomic mass is 9.94. The summed E-state index contributed by atoms with van der Waals surface area (Å²) in [4.78, 5) is 14.9. The van der Waals surface area contributed by atoms with Crippen molar-refractivity contribution in [3.8, 4) is 5.75 Å². The number of Topliss-reactive ketones (excluding diaryl/α,β-unsaturated/α-hetero) is 1. The molecule has 0 aliphatic carbocycles. The van der Waals surface area contributed by atoms with Crippen molar-refractivity contribution in [3.63, 3.8) is 0 Å². The van der Waals surface area contributed by atoms with Crippen molar-refractivity contribution in [2.24, 2.45) is 0 Å². The van der Waals surface area contributed by atoms with E-state index in [1.54, 1.807) is 7.11 Å². The second-order valence-corrected chi connectivity index (χ2v) is 6.48. The number of ether oxygens (including phenoxy) is 2. The summed E-state index contributed by atoms with van der Waals surface area (Å²) in [6.45, 7) is 10.4. The van der Waals surface area contributed by atoms with Crippen molar-refractivity contribution in [1.29, 1.82) is 0 Å². The van der Waals surface area contributed by atoms with E-state index >= 15 is 0 Å². The van der Waals surface area contributed by atoms with Gasteiger partial charge >= 0.3 is 0 Å². The molecule has 0 amide bonds. The van der Waals surface area contributed by atoms with E-state index in [2.05, 4.69) is 32.6 Å². The van der Waals surface area contributed by atoms with Gasteiger partial charge in [-0.2, -0.15) is 0 Å². The van der Waals surface area contributed by atoms with Crippen LogP contribution in [0, 0.1) is 0 Å². The number of ketones is 1. The third-order valence-electron chi connectivity index (χ3n) is 4.04. The lowest BCUT2D eigenvalue weighted by molar-refractivity contribution is -0.0652. The number of morpholine rings is 1. The van der Waals surface area contributed by atoms with Crippen LogP contribution >= 0.6 is 0 Å². The van der Waals surface area contributed by atoms with Crippen molar-refractivity contribution < 1.29 is 14.3 Å². The van der Waals surface area contributed by atoms with Crippen LogP contribution < -0.4 is 4.74 Å². The van der Waals surface area contributed by atoms with Crippen LogP contribution in [0.3, 0.4) is 0 Å². The second-order valence-electron chi connectivity index (χ2n) is 6.48. The molecule has 2 unspecified atom stereocenters. The fourth-order valence-corrected chi connectivity index (χ4v) is 3.10. The highest BCUT2D eigenvalue weighted by molar-refractivity contribution is 5.99. The van der Waals surface area contributed by atoms with E-state index in [0.29, 0.717) is 6.54 Å². The number of nitrogens with zero attached hydrogens (tertiary/aromatic N) is 1. The molecule has 2 rings (SSSR count). The van der Waals surface area contributed by atoms with Gasteiger partial charge in [0, 0.05) is 18.7 Å². The Morgan fingerprint density at radius 3 is 2.50 bits per heavy atom. The minimum atomic E-state index is 0.174. The van der Waals surface area contributed by atoms with Crippen LogP contribution in [0.15, 0.2) is 18.2 Å². The van der Waals surface area contributed by atoms with Crippen LogP contribution in [0.5, 0.6) is 5.75 Å². The number of carbonyl (C=O) groups is 1. The lowest BCUT2D eigenvalue weighted by Crippen LogP contribution is -2.47. The predicted octanol–water partition coefficient (Wildman–Crippen LogP) is 3.11. The molecule has 0 saturated carbocycles. The Morgan fingerprint density at radius 1 is 1.32 bits per heavy atom. The van der Waals surface area contributed by atoms with E-state index < -0.39 is 0 Å². The number of rotatable bonds is 5. The predicted molar refractivity (Wildman–Crippen MR) is 87.9 cm³/mol. The summed E-state index contributed by atoms with van der Waals surface area (Å²) in [6.07, 6.45) is 0.356. The van der Waals surface area contributed by atoms with E-state index in [0.717, 1.165) is 30.0 Å². The van der Waals surface area contributed by atoms with Gasteiger partial charge in [-0.3, -0.25) is 9.69 Å². The van der Waals surface area contributed by atoms with Crippen LogP contribution in [-0.2, 0) is 4.74 Å². The summed E-state index contributed by atoms with van der Waals surface area (Å²) < 4.78 is 11.0. The van der Waals surface area contributed by atoms with E-state index in [1.807, 2.05) is 18.2 Å². The second kappa shape index (κ2) is 7.25. The maximum Gasteiger partial charge on any atom is 0.177 e. The molecule has 22 heavy (non-hydrogen) atoms. The van der Waals surface area contributed by atoms with Crippen LogP contribution in [0.2, 0.25) is 0 Å². The van der Waals surface area contributed by atoms with Gasteiger partial charge in [0.15, 0.2) is 5.78 Å². The Hall–Kier alpha value is -1.39. The van der Waals surface area contributed by atoms with E-state index in [9.17, 15) is 4.79 Å². The Kier molecular flexibility index (Phi) is 5.59. The van der Waals surface area contributed by atoms with Gasteiger partial charge in [0.1, 0.15) is 5.75 Å². The zero-order valence-electron chi connectivity index (χ0n) is 14.3. The maximum atomic E-state index is 12.7. The number of carbonyl (C=O) groups excluding carboxylic acids is 1. The van der Waals surface area contributed by atoms with Crippen LogP contribution in [0.4, 0.5) is 0 Å². The van der Waals surface area contributed by atoms with Gasteiger partial charge in [-0.15, -0.1) is 0 Å². The molecule has 1 aromatic carbocycles. The van der Waals surface area contributed by atoms with Crippen molar-refractivity contribution in [2.75, 3.05) is 26.7 Å². The van der Waals surface area contributed by atoms with Gasteiger partial charge in [0.05, 0.1) is 25.9 Å². The molecule has 122 valence electrons. The van der Waals surface area contributed by atoms with E-state index in [4.69, 9.17) is 9.47 Å². The van der Waals surface area contributed by atoms with E-state index in [-0.39, 0.29) is 23.9 Å². The quantitative estimate of drug-likeness (QED) is 0.784.